The lowest BCUT2D eigenvalue weighted by Gasteiger charge is -2.23. The van der Waals surface area contributed by atoms with Gasteiger partial charge in [0.1, 0.15) is 6.10 Å². The Balaban J connectivity index is 1.55. The summed E-state index contributed by atoms with van der Waals surface area (Å²) in [4.78, 5) is 30.0. The Labute approximate surface area is 128 Å². The van der Waals surface area contributed by atoms with Gasteiger partial charge in [-0.15, -0.1) is 0 Å². The topological polar surface area (TPSA) is 79.7 Å². The molecule has 3 aliphatic rings. The van der Waals surface area contributed by atoms with Crippen LogP contribution in [-0.4, -0.2) is 45.1 Å². The van der Waals surface area contributed by atoms with E-state index in [1.807, 2.05) is 0 Å². The summed E-state index contributed by atoms with van der Waals surface area (Å²) < 4.78 is 5.63. The Morgan fingerprint density at radius 1 is 1.27 bits per heavy atom. The third kappa shape index (κ3) is 2.23. The van der Waals surface area contributed by atoms with Gasteiger partial charge < -0.3 is 14.7 Å². The van der Waals surface area contributed by atoms with Crippen LogP contribution in [-0.2, 0) is 4.79 Å². The van der Waals surface area contributed by atoms with Crippen molar-refractivity contribution >= 4 is 11.9 Å². The number of carbonyl (C=O) groups excluding carboxylic acids is 1. The van der Waals surface area contributed by atoms with E-state index in [-0.39, 0.29) is 24.1 Å². The maximum absolute atomic E-state index is 12.8. The molecule has 22 heavy (non-hydrogen) atoms. The van der Waals surface area contributed by atoms with Crippen molar-refractivity contribution in [1.29, 1.82) is 0 Å². The molecule has 6 heteroatoms. The number of amides is 1. The molecule has 0 unspecified atom stereocenters. The van der Waals surface area contributed by atoms with Gasteiger partial charge in [0.2, 0.25) is 5.88 Å². The molecule has 1 aromatic heterocycles. The third-order valence-corrected chi connectivity index (χ3v) is 4.88. The number of aromatic nitrogens is 1. The highest BCUT2D eigenvalue weighted by molar-refractivity contribution is 5.95. The number of rotatable bonds is 4. The van der Waals surface area contributed by atoms with Gasteiger partial charge >= 0.3 is 5.97 Å². The van der Waals surface area contributed by atoms with Crippen molar-refractivity contribution in [3.63, 3.8) is 0 Å². The lowest BCUT2D eigenvalue weighted by atomic mass is 9.89. The van der Waals surface area contributed by atoms with Crippen molar-refractivity contribution in [1.82, 2.24) is 9.88 Å². The van der Waals surface area contributed by atoms with Crippen molar-refractivity contribution < 1.29 is 19.4 Å². The summed E-state index contributed by atoms with van der Waals surface area (Å²) in [6.07, 6.45) is 6.14. The van der Waals surface area contributed by atoms with Crippen LogP contribution in [0.3, 0.4) is 0 Å². The number of carboxylic acid groups (broad SMARTS) is 1. The molecule has 3 heterocycles. The van der Waals surface area contributed by atoms with E-state index in [0.717, 1.165) is 25.7 Å². The molecule has 0 radical (unpaired) electrons. The zero-order valence-electron chi connectivity index (χ0n) is 12.1. The first-order chi connectivity index (χ1) is 10.6. The fourth-order valence-corrected chi connectivity index (χ4v) is 3.68. The predicted molar refractivity (Wildman–Crippen MR) is 76.6 cm³/mol. The molecule has 3 fully saturated rings. The summed E-state index contributed by atoms with van der Waals surface area (Å²) in [5, 5.41) is 9.29. The molecule has 116 valence electrons. The summed E-state index contributed by atoms with van der Waals surface area (Å²) in [5.41, 5.74) is 0.536. The van der Waals surface area contributed by atoms with Crippen molar-refractivity contribution in [2.24, 2.45) is 5.92 Å². The molecule has 1 amide bonds. The summed E-state index contributed by atoms with van der Waals surface area (Å²) in [6.45, 7) is 0. The third-order valence-electron chi connectivity index (χ3n) is 4.88. The number of carboxylic acids is 1. The van der Waals surface area contributed by atoms with E-state index in [4.69, 9.17) is 4.74 Å². The molecule has 0 aromatic carbocycles. The molecule has 2 aliphatic heterocycles. The van der Waals surface area contributed by atoms with Crippen LogP contribution in [0.25, 0.3) is 0 Å². The zero-order valence-corrected chi connectivity index (χ0v) is 12.1. The highest BCUT2D eigenvalue weighted by Gasteiger charge is 2.51. The number of aliphatic carboxylic acids is 1. The smallest absolute Gasteiger partial charge is 0.308 e. The SMILES string of the molecule is O=C(O)[C@@H]1C[C@H]2CC[C@@H]1N2C(=O)c1ccnc(OC2CC2)c1. The van der Waals surface area contributed by atoms with Crippen LogP contribution < -0.4 is 4.74 Å². The van der Waals surface area contributed by atoms with Crippen LogP contribution in [0.5, 0.6) is 5.88 Å². The summed E-state index contributed by atoms with van der Waals surface area (Å²) >= 11 is 0. The Morgan fingerprint density at radius 3 is 2.77 bits per heavy atom. The van der Waals surface area contributed by atoms with E-state index < -0.39 is 11.9 Å². The molecule has 6 nitrogen and oxygen atoms in total. The first kappa shape index (κ1) is 13.5. The first-order valence-corrected chi connectivity index (χ1v) is 7.81. The molecule has 1 saturated carbocycles. The number of nitrogens with zero attached hydrogens (tertiary/aromatic N) is 2. The molecule has 3 atom stereocenters. The Hall–Kier alpha value is -2.11. The van der Waals surface area contributed by atoms with Crippen LogP contribution in [0.15, 0.2) is 18.3 Å². The lowest BCUT2D eigenvalue weighted by molar-refractivity contribution is -0.142. The molecule has 1 aromatic rings. The standard InChI is InChI=1S/C16H18N2O4/c19-15(9-5-6-17-14(7-9)22-11-2-3-11)18-10-1-4-13(18)12(8-10)16(20)21/h5-7,10-13H,1-4,8H2,(H,20,21)/t10-,12-,13+/m1/s1. The van der Waals surface area contributed by atoms with Crippen LogP contribution in [0, 0.1) is 5.92 Å². The number of pyridine rings is 1. The van der Waals surface area contributed by atoms with E-state index in [9.17, 15) is 14.7 Å². The summed E-state index contributed by atoms with van der Waals surface area (Å²) in [6, 6.07) is 3.24. The molecule has 1 N–H and O–H groups in total. The number of ether oxygens (including phenoxy) is 1. The van der Waals surface area contributed by atoms with Gasteiger partial charge in [0, 0.05) is 29.9 Å². The fourth-order valence-electron chi connectivity index (χ4n) is 3.68. The number of hydrogen-bond acceptors (Lipinski definition) is 4. The first-order valence-electron chi connectivity index (χ1n) is 7.81. The summed E-state index contributed by atoms with van der Waals surface area (Å²) in [5.74, 6) is -0.835. The van der Waals surface area contributed by atoms with Gasteiger partial charge in [0.25, 0.3) is 5.91 Å². The maximum atomic E-state index is 12.8. The lowest BCUT2D eigenvalue weighted by Crippen LogP contribution is -2.37. The average Bonchev–Trinajstić information content (AvgIpc) is 3.13. The van der Waals surface area contributed by atoms with Gasteiger partial charge in [0.05, 0.1) is 5.92 Å². The predicted octanol–water partition coefficient (Wildman–Crippen LogP) is 1.70. The van der Waals surface area contributed by atoms with E-state index >= 15 is 0 Å². The van der Waals surface area contributed by atoms with Gasteiger partial charge in [-0.1, -0.05) is 0 Å². The van der Waals surface area contributed by atoms with Crippen LogP contribution in [0.2, 0.25) is 0 Å². The Kier molecular flexibility index (Phi) is 3.06. The van der Waals surface area contributed by atoms with Crippen LogP contribution >= 0.6 is 0 Å². The molecular formula is C16H18N2O4. The van der Waals surface area contributed by atoms with Gasteiger partial charge in [-0.3, -0.25) is 9.59 Å². The van der Waals surface area contributed by atoms with E-state index in [2.05, 4.69) is 4.98 Å². The highest BCUT2D eigenvalue weighted by atomic mass is 16.5. The van der Waals surface area contributed by atoms with Crippen molar-refractivity contribution in [3.8, 4) is 5.88 Å². The number of hydrogen-bond donors (Lipinski definition) is 1. The molecule has 1 aliphatic carbocycles. The minimum absolute atomic E-state index is 0.0552. The van der Waals surface area contributed by atoms with Gasteiger partial charge in [-0.2, -0.15) is 0 Å². The Bertz CT molecular complexity index is 628. The minimum Gasteiger partial charge on any atom is -0.481 e. The average molecular weight is 302 g/mol. The number of fused-ring (bicyclic) bond motifs is 2. The number of carbonyl (C=O) groups is 2. The quantitative estimate of drug-likeness (QED) is 0.915. The van der Waals surface area contributed by atoms with Gasteiger partial charge in [-0.05, 0) is 38.2 Å². The molecule has 4 rings (SSSR count). The molecule has 0 spiro atoms. The van der Waals surface area contributed by atoms with Crippen LogP contribution in [0.4, 0.5) is 0 Å². The van der Waals surface area contributed by atoms with Crippen molar-refractivity contribution in [3.05, 3.63) is 23.9 Å². The van der Waals surface area contributed by atoms with E-state index in [1.54, 1.807) is 23.2 Å². The molecule has 2 bridgehead atoms. The second-order valence-electron chi connectivity index (χ2n) is 6.39. The largest absolute Gasteiger partial charge is 0.481 e. The van der Waals surface area contributed by atoms with Gasteiger partial charge in [-0.25, -0.2) is 4.98 Å². The monoisotopic (exact) mass is 302 g/mol. The molecule has 2 saturated heterocycles. The minimum atomic E-state index is -0.794. The van der Waals surface area contributed by atoms with Gasteiger partial charge in [0.15, 0.2) is 0 Å². The van der Waals surface area contributed by atoms with E-state index in [0.29, 0.717) is 17.9 Å². The highest BCUT2D eigenvalue weighted by Crippen LogP contribution is 2.42. The van der Waals surface area contributed by atoms with Crippen LogP contribution in [0.1, 0.15) is 42.5 Å². The van der Waals surface area contributed by atoms with E-state index in [1.165, 1.54) is 0 Å². The maximum Gasteiger partial charge on any atom is 0.308 e. The van der Waals surface area contributed by atoms with Crippen molar-refractivity contribution in [2.45, 2.75) is 50.3 Å². The second kappa shape index (κ2) is 4.97. The second-order valence-corrected chi connectivity index (χ2v) is 6.39. The Morgan fingerprint density at radius 2 is 2.09 bits per heavy atom. The summed E-state index contributed by atoms with van der Waals surface area (Å²) in [7, 11) is 0. The molecular weight excluding hydrogens is 284 g/mol. The fraction of sp³-hybridized carbons (Fsp3) is 0.562. The zero-order chi connectivity index (χ0) is 15.3. The van der Waals surface area contributed by atoms with Crippen molar-refractivity contribution in [2.75, 3.05) is 0 Å². The normalized spacial score (nSPS) is 29.6.